The predicted octanol–water partition coefficient (Wildman–Crippen LogP) is 2.89. The lowest BCUT2D eigenvalue weighted by molar-refractivity contribution is 0.621. The van der Waals surface area contributed by atoms with E-state index in [1.54, 1.807) is 12.1 Å². The van der Waals surface area contributed by atoms with Crippen molar-refractivity contribution in [2.75, 3.05) is 7.05 Å². The van der Waals surface area contributed by atoms with Crippen molar-refractivity contribution in [2.45, 2.75) is 32.7 Å². The van der Waals surface area contributed by atoms with Crippen LogP contribution in [0.25, 0.3) is 0 Å². The van der Waals surface area contributed by atoms with Gasteiger partial charge in [-0.05, 0) is 43.1 Å². The van der Waals surface area contributed by atoms with E-state index >= 15 is 0 Å². The molecule has 0 bridgehead atoms. The van der Waals surface area contributed by atoms with Crippen LogP contribution in [0.3, 0.4) is 0 Å². The predicted molar refractivity (Wildman–Crippen MR) is 57.8 cm³/mol. The number of halogens is 1. The molecular weight excluding hydrogens is 177 g/mol. The van der Waals surface area contributed by atoms with Crippen molar-refractivity contribution < 1.29 is 4.39 Å². The molecule has 1 rings (SSSR count). The molecule has 0 atom stereocenters. The lowest BCUT2D eigenvalue weighted by Gasteiger charge is -2.08. The molecule has 14 heavy (non-hydrogen) atoms. The Morgan fingerprint density at radius 3 is 2.71 bits per heavy atom. The molecule has 1 nitrogen and oxygen atoms in total. The average Bonchev–Trinajstić information content (AvgIpc) is 2.17. The molecule has 2 heteroatoms. The molecule has 0 aliphatic rings. The summed E-state index contributed by atoms with van der Waals surface area (Å²) in [7, 11) is 1.88. The van der Waals surface area contributed by atoms with Crippen LogP contribution in [-0.2, 0) is 13.0 Å². The highest BCUT2D eigenvalue weighted by molar-refractivity contribution is 5.28. The number of aryl methyl sites for hydroxylation is 1. The average molecular weight is 195 g/mol. The second-order valence-corrected chi connectivity index (χ2v) is 3.55. The van der Waals surface area contributed by atoms with Crippen molar-refractivity contribution in [3.05, 3.63) is 35.1 Å². The number of rotatable bonds is 5. The van der Waals surface area contributed by atoms with Gasteiger partial charge in [0, 0.05) is 6.54 Å². The van der Waals surface area contributed by atoms with Gasteiger partial charge in [-0.2, -0.15) is 0 Å². The summed E-state index contributed by atoms with van der Waals surface area (Å²) in [5.41, 5.74) is 2.35. The third kappa shape index (κ3) is 3.11. The summed E-state index contributed by atoms with van der Waals surface area (Å²) in [6, 6.07) is 5.07. The lowest BCUT2D eigenvalue weighted by atomic mass is 10.0. The first kappa shape index (κ1) is 11.2. The fraction of sp³-hybridized carbons (Fsp3) is 0.500. The summed E-state index contributed by atoms with van der Waals surface area (Å²) < 4.78 is 13.0. The van der Waals surface area contributed by atoms with Crippen LogP contribution in [0.5, 0.6) is 0 Å². The van der Waals surface area contributed by atoms with Crippen molar-refractivity contribution in [1.82, 2.24) is 5.32 Å². The molecule has 0 saturated heterocycles. The monoisotopic (exact) mass is 195 g/mol. The zero-order chi connectivity index (χ0) is 10.4. The van der Waals surface area contributed by atoms with E-state index in [0.29, 0.717) is 0 Å². The van der Waals surface area contributed by atoms with Gasteiger partial charge in [-0.3, -0.25) is 0 Å². The number of nitrogens with one attached hydrogen (secondary N) is 1. The largest absolute Gasteiger partial charge is 0.316 e. The summed E-state index contributed by atoms with van der Waals surface area (Å²) in [5, 5.41) is 3.06. The molecule has 0 amide bonds. The van der Waals surface area contributed by atoms with E-state index in [4.69, 9.17) is 0 Å². The maximum atomic E-state index is 13.0. The summed E-state index contributed by atoms with van der Waals surface area (Å²) in [6.07, 6.45) is 3.40. The Hall–Kier alpha value is -0.890. The van der Waals surface area contributed by atoms with Crippen molar-refractivity contribution in [1.29, 1.82) is 0 Å². The van der Waals surface area contributed by atoms with Gasteiger partial charge in [-0.15, -0.1) is 0 Å². The minimum atomic E-state index is -0.143. The zero-order valence-electron chi connectivity index (χ0n) is 8.94. The SMILES string of the molecule is CCCCc1ccc(F)cc1CNC. The second kappa shape index (κ2) is 5.76. The Morgan fingerprint density at radius 1 is 1.29 bits per heavy atom. The van der Waals surface area contributed by atoms with Gasteiger partial charge in [0.25, 0.3) is 0 Å². The summed E-state index contributed by atoms with van der Waals surface area (Å²) in [6.45, 7) is 2.91. The van der Waals surface area contributed by atoms with Crippen LogP contribution in [0, 0.1) is 5.82 Å². The minimum absolute atomic E-state index is 0.143. The molecule has 0 heterocycles. The fourth-order valence-electron chi connectivity index (χ4n) is 1.56. The third-order valence-electron chi connectivity index (χ3n) is 2.34. The minimum Gasteiger partial charge on any atom is -0.316 e. The molecule has 1 N–H and O–H groups in total. The van der Waals surface area contributed by atoms with Crippen LogP contribution in [0.2, 0.25) is 0 Å². The summed E-state index contributed by atoms with van der Waals surface area (Å²) in [4.78, 5) is 0. The van der Waals surface area contributed by atoms with Crippen LogP contribution in [0.1, 0.15) is 30.9 Å². The summed E-state index contributed by atoms with van der Waals surface area (Å²) in [5.74, 6) is -0.143. The molecule has 0 aliphatic carbocycles. The van der Waals surface area contributed by atoms with Crippen LogP contribution in [-0.4, -0.2) is 7.05 Å². The molecule has 0 aromatic heterocycles. The van der Waals surface area contributed by atoms with E-state index in [0.717, 1.165) is 18.5 Å². The number of unbranched alkanes of at least 4 members (excludes halogenated alkanes) is 1. The van der Waals surface area contributed by atoms with Gasteiger partial charge in [0.1, 0.15) is 5.82 Å². The highest BCUT2D eigenvalue weighted by Crippen LogP contribution is 2.14. The molecule has 78 valence electrons. The highest BCUT2D eigenvalue weighted by atomic mass is 19.1. The Labute approximate surface area is 85.3 Å². The van der Waals surface area contributed by atoms with Gasteiger partial charge in [-0.1, -0.05) is 19.4 Å². The molecule has 0 unspecified atom stereocenters. The van der Waals surface area contributed by atoms with Gasteiger partial charge in [-0.25, -0.2) is 4.39 Å². The van der Waals surface area contributed by atoms with E-state index in [1.807, 2.05) is 13.1 Å². The molecule has 0 fully saturated rings. The second-order valence-electron chi connectivity index (χ2n) is 3.55. The van der Waals surface area contributed by atoms with Crippen molar-refractivity contribution in [3.63, 3.8) is 0 Å². The number of hydrogen-bond acceptors (Lipinski definition) is 1. The van der Waals surface area contributed by atoms with E-state index in [1.165, 1.54) is 18.4 Å². The molecule has 0 spiro atoms. The number of hydrogen-bond donors (Lipinski definition) is 1. The number of benzene rings is 1. The van der Waals surface area contributed by atoms with Gasteiger partial charge < -0.3 is 5.32 Å². The first-order chi connectivity index (χ1) is 6.77. The zero-order valence-corrected chi connectivity index (χ0v) is 8.94. The van der Waals surface area contributed by atoms with Gasteiger partial charge in [0.05, 0.1) is 0 Å². The Morgan fingerprint density at radius 2 is 2.07 bits per heavy atom. The quantitative estimate of drug-likeness (QED) is 0.761. The van der Waals surface area contributed by atoms with Crippen molar-refractivity contribution in [3.8, 4) is 0 Å². The first-order valence-electron chi connectivity index (χ1n) is 5.19. The van der Waals surface area contributed by atoms with Gasteiger partial charge in [0.2, 0.25) is 0 Å². The standard InChI is InChI=1S/C12H18FN/c1-3-4-5-10-6-7-12(13)8-11(10)9-14-2/h6-8,14H,3-5,9H2,1-2H3. The molecule has 1 aromatic rings. The van der Waals surface area contributed by atoms with E-state index in [9.17, 15) is 4.39 Å². The molecular formula is C12H18FN. The Balaban J connectivity index is 2.78. The van der Waals surface area contributed by atoms with Gasteiger partial charge in [0.15, 0.2) is 0 Å². The normalized spacial score (nSPS) is 10.5. The summed E-state index contributed by atoms with van der Waals surface area (Å²) >= 11 is 0. The maximum Gasteiger partial charge on any atom is 0.123 e. The third-order valence-corrected chi connectivity index (χ3v) is 2.34. The molecule has 0 saturated carbocycles. The van der Waals surface area contributed by atoms with E-state index in [2.05, 4.69) is 12.2 Å². The Kier molecular flexibility index (Phi) is 4.60. The van der Waals surface area contributed by atoms with E-state index in [-0.39, 0.29) is 5.82 Å². The van der Waals surface area contributed by atoms with Crippen LogP contribution < -0.4 is 5.32 Å². The maximum absolute atomic E-state index is 13.0. The highest BCUT2D eigenvalue weighted by Gasteiger charge is 2.02. The van der Waals surface area contributed by atoms with Crippen LogP contribution in [0.15, 0.2) is 18.2 Å². The van der Waals surface area contributed by atoms with Crippen molar-refractivity contribution in [2.24, 2.45) is 0 Å². The van der Waals surface area contributed by atoms with E-state index < -0.39 is 0 Å². The fourth-order valence-corrected chi connectivity index (χ4v) is 1.56. The van der Waals surface area contributed by atoms with Crippen LogP contribution >= 0.6 is 0 Å². The molecule has 1 aromatic carbocycles. The smallest absolute Gasteiger partial charge is 0.123 e. The lowest BCUT2D eigenvalue weighted by Crippen LogP contribution is -2.08. The van der Waals surface area contributed by atoms with Gasteiger partial charge >= 0.3 is 0 Å². The molecule has 0 aliphatic heterocycles. The van der Waals surface area contributed by atoms with Crippen LogP contribution in [0.4, 0.5) is 4.39 Å². The molecule has 0 radical (unpaired) electrons. The van der Waals surface area contributed by atoms with Crippen molar-refractivity contribution >= 4 is 0 Å². The Bertz CT molecular complexity index is 284. The topological polar surface area (TPSA) is 12.0 Å². The first-order valence-corrected chi connectivity index (χ1v) is 5.19.